The number of primary amides is 1. The van der Waals surface area contributed by atoms with Crippen molar-refractivity contribution < 1.29 is 9.18 Å². The Labute approximate surface area is 169 Å². The van der Waals surface area contributed by atoms with Crippen LogP contribution in [0.25, 0.3) is 11.0 Å². The molecule has 6 nitrogen and oxygen atoms in total. The summed E-state index contributed by atoms with van der Waals surface area (Å²) in [5.41, 5.74) is 6.64. The molecule has 142 valence electrons. The van der Waals surface area contributed by atoms with Gasteiger partial charge in [0, 0.05) is 11.0 Å². The number of carbonyl (C=O) groups is 1. The van der Waals surface area contributed by atoms with Crippen molar-refractivity contribution in [2.24, 2.45) is 5.73 Å². The van der Waals surface area contributed by atoms with Gasteiger partial charge in [-0.05, 0) is 44.3 Å². The fourth-order valence-corrected chi connectivity index (χ4v) is 3.52. The summed E-state index contributed by atoms with van der Waals surface area (Å²) in [5, 5.41) is 6.31. The fourth-order valence-electron chi connectivity index (χ4n) is 2.80. The Balaban J connectivity index is 2.08. The van der Waals surface area contributed by atoms with Crippen LogP contribution in [-0.4, -0.2) is 29.1 Å². The quantitative estimate of drug-likeness (QED) is 0.470. The Morgan fingerprint density at radius 2 is 2.19 bits per heavy atom. The van der Waals surface area contributed by atoms with E-state index in [0.717, 1.165) is 17.4 Å². The van der Waals surface area contributed by atoms with Gasteiger partial charge in [0.2, 0.25) is 0 Å². The first-order valence-electron chi connectivity index (χ1n) is 8.26. The molecule has 0 saturated carbocycles. The van der Waals surface area contributed by atoms with Crippen molar-refractivity contribution in [2.75, 3.05) is 18.9 Å². The van der Waals surface area contributed by atoms with Gasteiger partial charge in [0.05, 0.1) is 33.8 Å². The second-order valence-corrected chi connectivity index (χ2v) is 7.31. The van der Waals surface area contributed by atoms with Gasteiger partial charge in [-0.2, -0.15) is 0 Å². The van der Waals surface area contributed by atoms with Crippen molar-refractivity contribution >= 4 is 55.8 Å². The largest absolute Gasteiger partial charge is 0.366 e. The molecule has 0 bridgehead atoms. The zero-order chi connectivity index (χ0) is 19.6. The van der Waals surface area contributed by atoms with Crippen molar-refractivity contribution in [1.29, 1.82) is 0 Å². The third-order valence-corrected chi connectivity index (χ3v) is 4.94. The van der Waals surface area contributed by atoms with Crippen molar-refractivity contribution in [3.05, 3.63) is 51.5 Å². The lowest BCUT2D eigenvalue weighted by atomic mass is 10.1. The van der Waals surface area contributed by atoms with Crippen molar-refractivity contribution in [3.8, 4) is 0 Å². The highest BCUT2D eigenvalue weighted by Crippen LogP contribution is 2.34. The minimum absolute atomic E-state index is 0.0364. The zero-order valence-electron chi connectivity index (χ0n) is 14.5. The van der Waals surface area contributed by atoms with Gasteiger partial charge >= 0.3 is 0 Å². The average molecular weight is 455 g/mol. The molecular formula is C18H18BrClFN5O. The van der Waals surface area contributed by atoms with Crippen LogP contribution in [0, 0.1) is 5.82 Å². The molecule has 3 rings (SSSR count). The van der Waals surface area contributed by atoms with E-state index in [2.05, 4.69) is 31.5 Å². The molecule has 3 aromatic rings. The minimum Gasteiger partial charge on any atom is -0.366 e. The van der Waals surface area contributed by atoms with Crippen LogP contribution in [0.4, 0.5) is 15.8 Å². The number of nitrogens with two attached hydrogens (primary N) is 1. The number of nitrogens with zero attached hydrogens (tertiary/aromatic N) is 2. The first-order chi connectivity index (χ1) is 12.9. The Hall–Kier alpha value is -2.16. The number of benzene rings is 2. The van der Waals surface area contributed by atoms with E-state index >= 15 is 4.39 Å². The maximum absolute atomic E-state index is 15.2. The molecular weight excluding hydrogens is 437 g/mol. The van der Waals surface area contributed by atoms with Crippen LogP contribution in [0.2, 0.25) is 5.02 Å². The summed E-state index contributed by atoms with van der Waals surface area (Å²) >= 11 is 9.52. The topological polar surface area (TPSA) is 85.0 Å². The lowest BCUT2D eigenvalue weighted by molar-refractivity contribution is 0.100. The van der Waals surface area contributed by atoms with E-state index < -0.39 is 11.7 Å². The van der Waals surface area contributed by atoms with E-state index in [1.54, 1.807) is 35.2 Å². The van der Waals surface area contributed by atoms with Gasteiger partial charge in [0.25, 0.3) is 5.91 Å². The van der Waals surface area contributed by atoms with Gasteiger partial charge in [-0.3, -0.25) is 4.79 Å². The Morgan fingerprint density at radius 3 is 2.85 bits per heavy atom. The summed E-state index contributed by atoms with van der Waals surface area (Å²) in [6, 6.07) is 6.66. The molecule has 2 aromatic carbocycles. The lowest BCUT2D eigenvalue weighted by Crippen LogP contribution is -2.15. The van der Waals surface area contributed by atoms with Crippen LogP contribution in [0.5, 0.6) is 0 Å². The fraction of sp³-hybridized carbons (Fsp3) is 0.222. The standard InChI is InChI=1S/C18H18BrClFN5O/c1-23-5-2-6-26-9-24-17-14(26)8-11(18(22)27)16(15(17)21)25-13-4-3-10(19)7-12(13)20/h3-4,7-9,23,25H,2,5-6H2,1H3,(H2,22,27). The molecule has 1 heterocycles. The van der Waals surface area contributed by atoms with Crippen molar-refractivity contribution in [1.82, 2.24) is 14.9 Å². The number of hydrogen-bond donors (Lipinski definition) is 3. The first kappa shape index (κ1) is 19.6. The lowest BCUT2D eigenvalue weighted by Gasteiger charge is -2.14. The predicted octanol–water partition coefficient (Wildman–Crippen LogP) is 4.04. The SMILES string of the molecule is CNCCCn1cnc2c(F)c(Nc3ccc(Br)cc3Cl)c(C(N)=O)cc21. The van der Waals surface area contributed by atoms with Gasteiger partial charge in [-0.1, -0.05) is 27.5 Å². The zero-order valence-corrected chi connectivity index (χ0v) is 16.9. The third-order valence-electron chi connectivity index (χ3n) is 4.14. The molecule has 0 spiro atoms. The van der Waals surface area contributed by atoms with E-state index in [0.29, 0.717) is 22.8 Å². The highest BCUT2D eigenvalue weighted by molar-refractivity contribution is 9.10. The van der Waals surface area contributed by atoms with Crippen LogP contribution in [0.3, 0.4) is 0 Å². The second kappa shape index (κ2) is 8.24. The number of amides is 1. The normalized spacial score (nSPS) is 11.1. The van der Waals surface area contributed by atoms with Gasteiger partial charge in [-0.15, -0.1) is 0 Å². The molecule has 9 heteroatoms. The molecule has 4 N–H and O–H groups in total. The molecule has 0 aliphatic carbocycles. The van der Waals surface area contributed by atoms with Crippen LogP contribution in [0.1, 0.15) is 16.8 Å². The van der Waals surface area contributed by atoms with Crippen LogP contribution < -0.4 is 16.4 Å². The molecule has 0 unspecified atom stereocenters. The molecule has 1 amide bonds. The number of aryl methyl sites for hydroxylation is 1. The van der Waals surface area contributed by atoms with Gasteiger partial charge in [0.15, 0.2) is 5.82 Å². The van der Waals surface area contributed by atoms with E-state index in [-0.39, 0.29) is 16.8 Å². The summed E-state index contributed by atoms with van der Waals surface area (Å²) in [5.74, 6) is -1.39. The molecule has 0 aliphatic heterocycles. The number of aromatic nitrogens is 2. The number of imidazole rings is 1. The molecule has 27 heavy (non-hydrogen) atoms. The van der Waals surface area contributed by atoms with E-state index in [9.17, 15) is 4.79 Å². The first-order valence-corrected chi connectivity index (χ1v) is 9.43. The number of hydrogen-bond acceptors (Lipinski definition) is 4. The van der Waals surface area contributed by atoms with E-state index in [1.165, 1.54) is 0 Å². The number of anilines is 2. The number of rotatable bonds is 7. The molecule has 1 aromatic heterocycles. The van der Waals surface area contributed by atoms with Gasteiger partial charge in [0.1, 0.15) is 5.52 Å². The second-order valence-electron chi connectivity index (χ2n) is 5.99. The summed E-state index contributed by atoms with van der Waals surface area (Å²) in [4.78, 5) is 16.1. The third kappa shape index (κ3) is 4.07. The summed E-state index contributed by atoms with van der Waals surface area (Å²) in [7, 11) is 1.86. The number of halogens is 3. The van der Waals surface area contributed by atoms with Gasteiger partial charge < -0.3 is 20.9 Å². The van der Waals surface area contributed by atoms with Crippen molar-refractivity contribution in [2.45, 2.75) is 13.0 Å². The Bertz CT molecular complexity index is 1010. The molecule has 0 aliphatic rings. The molecule has 0 fully saturated rings. The number of carbonyl (C=O) groups excluding carboxylic acids is 1. The van der Waals surface area contributed by atoms with Gasteiger partial charge in [-0.25, -0.2) is 9.37 Å². The molecule has 0 radical (unpaired) electrons. The Kier molecular flexibility index (Phi) is 5.98. The van der Waals surface area contributed by atoms with E-state index in [4.69, 9.17) is 17.3 Å². The molecule has 0 atom stereocenters. The molecule has 0 saturated heterocycles. The highest BCUT2D eigenvalue weighted by atomic mass is 79.9. The maximum atomic E-state index is 15.2. The number of fused-ring (bicyclic) bond motifs is 1. The minimum atomic E-state index is -0.741. The number of nitrogens with one attached hydrogen (secondary N) is 2. The average Bonchev–Trinajstić information content (AvgIpc) is 3.02. The van der Waals surface area contributed by atoms with E-state index in [1.807, 2.05) is 7.05 Å². The summed E-state index contributed by atoms with van der Waals surface area (Å²) < 4.78 is 17.8. The predicted molar refractivity (Wildman–Crippen MR) is 109 cm³/mol. The van der Waals surface area contributed by atoms with Crippen molar-refractivity contribution in [3.63, 3.8) is 0 Å². The van der Waals surface area contributed by atoms with Crippen LogP contribution in [-0.2, 0) is 6.54 Å². The Morgan fingerprint density at radius 1 is 1.41 bits per heavy atom. The maximum Gasteiger partial charge on any atom is 0.251 e. The monoisotopic (exact) mass is 453 g/mol. The summed E-state index contributed by atoms with van der Waals surface area (Å²) in [6.45, 7) is 1.45. The smallest absolute Gasteiger partial charge is 0.251 e. The highest BCUT2D eigenvalue weighted by Gasteiger charge is 2.21. The van der Waals surface area contributed by atoms with Crippen LogP contribution >= 0.6 is 27.5 Å². The summed E-state index contributed by atoms with van der Waals surface area (Å²) in [6.07, 6.45) is 2.40. The van der Waals surface area contributed by atoms with Crippen LogP contribution in [0.15, 0.2) is 35.1 Å².